The van der Waals surface area contributed by atoms with Gasteiger partial charge >= 0.3 is 6.03 Å². The topological polar surface area (TPSA) is 45.2 Å². The van der Waals surface area contributed by atoms with Gasteiger partial charge in [-0.25, -0.2) is 14.7 Å². The van der Waals surface area contributed by atoms with Gasteiger partial charge in [0.05, 0.1) is 0 Å². The van der Waals surface area contributed by atoms with E-state index in [4.69, 9.17) is 0 Å². The third-order valence-corrected chi connectivity index (χ3v) is 2.59. The fraction of sp³-hybridized carbons (Fsp3) is 0.286. The lowest BCUT2D eigenvalue weighted by Gasteiger charge is -2.24. The second-order valence-corrected chi connectivity index (χ2v) is 4.16. The normalized spacial score (nSPS) is 10.0. The number of allylic oxidation sites excluding steroid dienone is 1. The van der Waals surface area contributed by atoms with Crippen LogP contribution in [0, 0.1) is 0 Å². The van der Waals surface area contributed by atoms with Gasteiger partial charge in [-0.3, -0.25) is 0 Å². The van der Waals surface area contributed by atoms with Crippen LogP contribution in [0.4, 0.5) is 10.6 Å². The van der Waals surface area contributed by atoms with Crippen molar-refractivity contribution in [1.29, 1.82) is 0 Å². The number of pyridine rings is 1. The number of hydrogen-bond donors (Lipinski definition) is 1. The van der Waals surface area contributed by atoms with E-state index in [1.54, 1.807) is 13.2 Å². The number of nitrogens with one attached hydrogen (secondary N) is 1. The molecular weight excluding hydrogens is 226 g/mol. The van der Waals surface area contributed by atoms with Crippen LogP contribution in [-0.2, 0) is 0 Å². The summed E-state index contributed by atoms with van der Waals surface area (Å²) in [7, 11) is 1.57. The Balaban J connectivity index is 3.33. The molecule has 1 aromatic rings. The Kier molecular flexibility index (Phi) is 4.66. The number of anilines is 1. The minimum Gasteiger partial charge on any atom is -0.340 e. The molecule has 0 atom stereocenters. The molecule has 0 fully saturated rings. The fourth-order valence-corrected chi connectivity index (χ4v) is 1.61. The highest BCUT2D eigenvalue weighted by Gasteiger charge is 2.21. The molecule has 1 heterocycles. The second-order valence-electron chi connectivity index (χ2n) is 4.16. The number of carbonyl (C=O) groups excluding carboxylic acids is 1. The maximum Gasteiger partial charge on any atom is 0.327 e. The van der Waals surface area contributed by atoms with Gasteiger partial charge in [0.15, 0.2) is 0 Å². The van der Waals surface area contributed by atoms with Crippen LogP contribution in [0.2, 0.25) is 0 Å². The van der Waals surface area contributed by atoms with Crippen molar-refractivity contribution in [3.63, 3.8) is 0 Å². The Labute approximate surface area is 108 Å². The summed E-state index contributed by atoms with van der Waals surface area (Å²) >= 11 is 0. The average Bonchev–Trinajstić information content (AvgIpc) is 2.38. The summed E-state index contributed by atoms with van der Waals surface area (Å²) in [6.45, 7) is 11.6. The van der Waals surface area contributed by atoms with Crippen molar-refractivity contribution in [3.8, 4) is 0 Å². The van der Waals surface area contributed by atoms with E-state index in [0.717, 1.165) is 5.56 Å². The first kappa shape index (κ1) is 14.0. The summed E-state index contributed by atoms with van der Waals surface area (Å²) in [5.41, 5.74) is 1.49. The fourth-order valence-electron chi connectivity index (χ4n) is 1.61. The molecule has 0 aromatic carbocycles. The highest BCUT2D eigenvalue weighted by molar-refractivity contribution is 5.95. The zero-order chi connectivity index (χ0) is 13.7. The van der Waals surface area contributed by atoms with E-state index in [9.17, 15) is 4.79 Å². The van der Waals surface area contributed by atoms with E-state index in [1.807, 2.05) is 12.1 Å². The van der Waals surface area contributed by atoms with Gasteiger partial charge in [-0.15, -0.1) is 0 Å². The average molecular weight is 245 g/mol. The van der Waals surface area contributed by atoms with Gasteiger partial charge in [0.25, 0.3) is 0 Å². The van der Waals surface area contributed by atoms with E-state index in [0.29, 0.717) is 11.5 Å². The largest absolute Gasteiger partial charge is 0.340 e. The first-order valence-corrected chi connectivity index (χ1v) is 5.81. The van der Waals surface area contributed by atoms with Crippen molar-refractivity contribution in [3.05, 3.63) is 48.8 Å². The van der Waals surface area contributed by atoms with Crippen LogP contribution in [0.1, 0.15) is 25.3 Å². The molecule has 0 aliphatic rings. The van der Waals surface area contributed by atoms with Crippen LogP contribution in [0.3, 0.4) is 0 Å². The Morgan fingerprint density at radius 2 is 2.22 bits per heavy atom. The van der Waals surface area contributed by atoms with Crippen molar-refractivity contribution in [2.24, 2.45) is 0 Å². The lowest BCUT2D eigenvalue weighted by atomic mass is 10.0. The highest BCUT2D eigenvalue weighted by Crippen LogP contribution is 2.27. The zero-order valence-electron chi connectivity index (χ0n) is 11.1. The quantitative estimate of drug-likeness (QED) is 0.829. The lowest BCUT2D eigenvalue weighted by Crippen LogP contribution is -2.38. The van der Waals surface area contributed by atoms with E-state index >= 15 is 0 Å². The molecule has 0 bridgehead atoms. The van der Waals surface area contributed by atoms with Crippen LogP contribution in [0.5, 0.6) is 0 Å². The number of urea groups is 1. The van der Waals surface area contributed by atoms with Gasteiger partial charge in [-0.1, -0.05) is 33.1 Å². The predicted molar refractivity (Wildman–Crippen MR) is 74.6 cm³/mol. The van der Waals surface area contributed by atoms with E-state index < -0.39 is 0 Å². The molecule has 1 rings (SSSR count). The number of hydrogen-bond acceptors (Lipinski definition) is 2. The van der Waals surface area contributed by atoms with Gasteiger partial charge in [-0.05, 0) is 23.6 Å². The Hall–Kier alpha value is -2.10. The standard InChI is InChI=1S/C14H19N3O/c1-6-11(4)17(14(18)15-5)13-12(10(2)3)8-7-9-16-13/h6-10H,1,4H2,2-3,5H3,(H,15,18). The molecule has 1 N–H and O–H groups in total. The molecule has 0 aliphatic carbocycles. The highest BCUT2D eigenvalue weighted by atomic mass is 16.2. The van der Waals surface area contributed by atoms with Gasteiger partial charge < -0.3 is 5.32 Å². The van der Waals surface area contributed by atoms with E-state index in [1.165, 1.54) is 11.0 Å². The number of aromatic nitrogens is 1. The van der Waals surface area contributed by atoms with Crippen LogP contribution in [-0.4, -0.2) is 18.1 Å². The van der Waals surface area contributed by atoms with Crippen LogP contribution in [0.25, 0.3) is 0 Å². The molecule has 2 amide bonds. The van der Waals surface area contributed by atoms with Crippen molar-refractivity contribution >= 4 is 11.8 Å². The smallest absolute Gasteiger partial charge is 0.327 e. The molecule has 0 radical (unpaired) electrons. The first-order valence-electron chi connectivity index (χ1n) is 5.81. The van der Waals surface area contributed by atoms with Crippen LogP contribution >= 0.6 is 0 Å². The Bertz CT molecular complexity index is 466. The molecule has 1 aromatic heterocycles. The maximum absolute atomic E-state index is 12.0. The van der Waals surface area contributed by atoms with Gasteiger partial charge in [0.2, 0.25) is 0 Å². The second kappa shape index (κ2) is 6.00. The molecule has 0 saturated heterocycles. The lowest BCUT2D eigenvalue weighted by molar-refractivity contribution is 0.249. The summed E-state index contributed by atoms with van der Waals surface area (Å²) in [5.74, 6) is 0.857. The molecule has 0 unspecified atom stereocenters. The monoisotopic (exact) mass is 245 g/mol. The van der Waals surface area contributed by atoms with Crippen LogP contribution in [0.15, 0.2) is 43.3 Å². The van der Waals surface area contributed by atoms with E-state index in [-0.39, 0.29) is 11.9 Å². The van der Waals surface area contributed by atoms with Gasteiger partial charge in [0.1, 0.15) is 5.82 Å². The summed E-state index contributed by atoms with van der Waals surface area (Å²) in [4.78, 5) is 17.7. The number of carbonyl (C=O) groups is 1. The number of nitrogens with zero attached hydrogens (tertiary/aromatic N) is 2. The van der Waals surface area contributed by atoms with Crippen molar-refractivity contribution in [1.82, 2.24) is 10.3 Å². The number of amides is 2. The third-order valence-electron chi connectivity index (χ3n) is 2.59. The van der Waals surface area contributed by atoms with Gasteiger partial charge in [-0.2, -0.15) is 0 Å². The third kappa shape index (κ3) is 2.77. The van der Waals surface area contributed by atoms with Crippen molar-refractivity contribution in [2.45, 2.75) is 19.8 Å². The SMILES string of the molecule is C=CC(=C)N(C(=O)NC)c1ncccc1C(C)C. The Morgan fingerprint density at radius 3 is 2.72 bits per heavy atom. The summed E-state index contributed by atoms with van der Waals surface area (Å²) in [6, 6.07) is 3.54. The number of rotatable bonds is 4. The first-order chi connectivity index (χ1) is 8.52. The van der Waals surface area contributed by atoms with Crippen molar-refractivity contribution in [2.75, 3.05) is 11.9 Å². The molecular formula is C14H19N3O. The zero-order valence-corrected chi connectivity index (χ0v) is 11.1. The van der Waals surface area contributed by atoms with E-state index in [2.05, 4.69) is 37.3 Å². The summed E-state index contributed by atoms with van der Waals surface area (Å²) in [5, 5.41) is 2.58. The van der Waals surface area contributed by atoms with Crippen LogP contribution < -0.4 is 10.2 Å². The maximum atomic E-state index is 12.0. The van der Waals surface area contributed by atoms with Gasteiger partial charge in [0, 0.05) is 18.9 Å². The summed E-state index contributed by atoms with van der Waals surface area (Å²) in [6.07, 6.45) is 3.20. The molecule has 96 valence electrons. The molecule has 0 aliphatic heterocycles. The molecule has 4 heteroatoms. The predicted octanol–water partition coefficient (Wildman–Crippen LogP) is 3.05. The molecule has 0 saturated carbocycles. The molecule has 4 nitrogen and oxygen atoms in total. The van der Waals surface area contributed by atoms with Crippen molar-refractivity contribution < 1.29 is 4.79 Å². The minimum absolute atomic E-state index is 0.262. The molecule has 0 spiro atoms. The Morgan fingerprint density at radius 1 is 1.56 bits per heavy atom. The molecule has 18 heavy (non-hydrogen) atoms. The minimum atomic E-state index is -0.277. The summed E-state index contributed by atoms with van der Waals surface area (Å²) < 4.78 is 0.